The van der Waals surface area contributed by atoms with Crippen molar-refractivity contribution in [3.8, 4) is 0 Å². The Labute approximate surface area is 116 Å². The molecule has 0 spiro atoms. The summed E-state index contributed by atoms with van der Waals surface area (Å²) in [6, 6.07) is 6.33. The number of anilines is 1. The van der Waals surface area contributed by atoms with Crippen LogP contribution in [-0.4, -0.2) is 29.5 Å². The average Bonchev–Trinajstić information content (AvgIpc) is 3.26. The molecule has 1 aromatic rings. The van der Waals surface area contributed by atoms with Crippen molar-refractivity contribution in [2.75, 3.05) is 25.0 Å². The van der Waals surface area contributed by atoms with Crippen LogP contribution in [0, 0.1) is 11.8 Å². The normalized spacial score (nSPS) is 18.8. The third-order valence-electron chi connectivity index (χ3n) is 3.98. The Hall–Kier alpha value is -1.09. The average molecular weight is 259 g/mol. The van der Waals surface area contributed by atoms with Crippen LogP contribution in [0.2, 0.25) is 0 Å². The van der Waals surface area contributed by atoms with Crippen LogP contribution in [0.4, 0.5) is 5.82 Å². The number of nitrogens with zero attached hydrogens (tertiary/aromatic N) is 2. The molecule has 0 amide bonds. The quantitative estimate of drug-likeness (QED) is 0.777. The van der Waals surface area contributed by atoms with E-state index in [9.17, 15) is 0 Å². The molecule has 0 radical (unpaired) electrons. The van der Waals surface area contributed by atoms with Crippen LogP contribution < -0.4 is 5.32 Å². The van der Waals surface area contributed by atoms with Gasteiger partial charge in [-0.3, -0.25) is 4.90 Å². The van der Waals surface area contributed by atoms with Gasteiger partial charge >= 0.3 is 0 Å². The van der Waals surface area contributed by atoms with Crippen LogP contribution in [0.1, 0.15) is 38.3 Å². The summed E-state index contributed by atoms with van der Waals surface area (Å²) in [6.07, 6.45) is 5.75. The second kappa shape index (κ2) is 5.91. The fourth-order valence-corrected chi connectivity index (χ4v) is 2.61. The lowest BCUT2D eigenvalue weighted by Gasteiger charge is -2.22. The molecule has 2 fully saturated rings. The molecule has 2 saturated carbocycles. The lowest BCUT2D eigenvalue weighted by molar-refractivity contribution is 0.241. The lowest BCUT2D eigenvalue weighted by atomic mass is 10.2. The van der Waals surface area contributed by atoms with Crippen molar-refractivity contribution in [1.29, 1.82) is 0 Å². The van der Waals surface area contributed by atoms with Gasteiger partial charge in [0.15, 0.2) is 0 Å². The number of nitrogens with one attached hydrogen (secondary N) is 1. The van der Waals surface area contributed by atoms with E-state index in [0.717, 1.165) is 30.7 Å². The summed E-state index contributed by atoms with van der Waals surface area (Å²) in [5, 5.41) is 3.30. The van der Waals surface area contributed by atoms with Crippen molar-refractivity contribution >= 4 is 5.82 Å². The minimum atomic E-state index is 0.935. The highest BCUT2D eigenvalue weighted by Gasteiger charge is 2.29. The summed E-state index contributed by atoms with van der Waals surface area (Å²) in [4.78, 5) is 7.34. The molecule has 0 unspecified atom stereocenters. The molecule has 1 N–H and O–H groups in total. The first-order valence-corrected chi connectivity index (χ1v) is 7.75. The van der Waals surface area contributed by atoms with Gasteiger partial charge in [0.05, 0.1) is 5.69 Å². The maximum Gasteiger partial charge on any atom is 0.126 e. The fraction of sp³-hybridized carbons (Fsp3) is 0.688. The summed E-state index contributed by atoms with van der Waals surface area (Å²) in [6.45, 7) is 6.63. The predicted molar refractivity (Wildman–Crippen MR) is 79.1 cm³/mol. The van der Waals surface area contributed by atoms with Crippen molar-refractivity contribution in [1.82, 2.24) is 9.88 Å². The van der Waals surface area contributed by atoms with Gasteiger partial charge in [0, 0.05) is 26.2 Å². The van der Waals surface area contributed by atoms with Crippen molar-refractivity contribution in [2.24, 2.45) is 11.8 Å². The molecule has 104 valence electrons. The second-order valence-corrected chi connectivity index (χ2v) is 6.13. The molecule has 0 bridgehead atoms. The van der Waals surface area contributed by atoms with E-state index >= 15 is 0 Å². The number of aromatic nitrogens is 1. The molecule has 0 atom stereocenters. The van der Waals surface area contributed by atoms with Crippen LogP contribution in [0.5, 0.6) is 0 Å². The molecule has 3 heteroatoms. The van der Waals surface area contributed by atoms with Crippen molar-refractivity contribution < 1.29 is 0 Å². The Morgan fingerprint density at radius 3 is 2.42 bits per heavy atom. The number of hydrogen-bond donors (Lipinski definition) is 1. The van der Waals surface area contributed by atoms with E-state index in [2.05, 4.69) is 35.3 Å². The van der Waals surface area contributed by atoms with Gasteiger partial charge in [-0.15, -0.1) is 0 Å². The molecule has 3 rings (SSSR count). The van der Waals surface area contributed by atoms with Gasteiger partial charge in [-0.2, -0.15) is 0 Å². The van der Waals surface area contributed by atoms with Gasteiger partial charge in [0.1, 0.15) is 5.82 Å². The molecule has 1 heterocycles. The maximum atomic E-state index is 4.70. The van der Waals surface area contributed by atoms with Crippen LogP contribution in [-0.2, 0) is 6.54 Å². The van der Waals surface area contributed by atoms with Crippen molar-refractivity contribution in [3.63, 3.8) is 0 Å². The molecule has 19 heavy (non-hydrogen) atoms. The number of rotatable bonds is 8. The van der Waals surface area contributed by atoms with E-state index < -0.39 is 0 Å². The Morgan fingerprint density at radius 2 is 1.84 bits per heavy atom. The van der Waals surface area contributed by atoms with Gasteiger partial charge in [-0.25, -0.2) is 4.98 Å². The first kappa shape index (κ1) is 12.9. The standard InChI is InChI=1S/C16H25N3/c1-2-17-16-5-3-4-15(18-16)12-19(10-13-6-7-13)11-14-8-9-14/h3-5,13-14H,2,6-12H2,1H3,(H,17,18). The molecule has 1 aromatic heterocycles. The Bertz CT molecular complexity index is 396. The first-order chi connectivity index (χ1) is 9.33. The highest BCUT2D eigenvalue weighted by atomic mass is 15.1. The largest absolute Gasteiger partial charge is 0.370 e. The van der Waals surface area contributed by atoms with Gasteiger partial charge in [-0.1, -0.05) is 6.07 Å². The van der Waals surface area contributed by atoms with Crippen molar-refractivity contribution in [2.45, 2.75) is 39.2 Å². The molecular formula is C16H25N3. The summed E-state index contributed by atoms with van der Waals surface area (Å²) >= 11 is 0. The molecule has 0 saturated heterocycles. The fourth-order valence-electron chi connectivity index (χ4n) is 2.61. The zero-order chi connectivity index (χ0) is 13.1. The van der Waals surface area contributed by atoms with E-state index in [4.69, 9.17) is 4.98 Å². The monoisotopic (exact) mass is 259 g/mol. The Kier molecular flexibility index (Phi) is 4.02. The van der Waals surface area contributed by atoms with E-state index in [-0.39, 0.29) is 0 Å². The van der Waals surface area contributed by atoms with E-state index in [1.165, 1.54) is 44.5 Å². The Morgan fingerprint density at radius 1 is 1.16 bits per heavy atom. The molecular weight excluding hydrogens is 234 g/mol. The second-order valence-electron chi connectivity index (χ2n) is 6.13. The zero-order valence-electron chi connectivity index (χ0n) is 11.9. The Balaban J connectivity index is 1.60. The van der Waals surface area contributed by atoms with Crippen LogP contribution >= 0.6 is 0 Å². The van der Waals surface area contributed by atoms with Crippen molar-refractivity contribution in [3.05, 3.63) is 23.9 Å². The molecule has 0 aliphatic heterocycles. The molecule has 2 aliphatic carbocycles. The summed E-state index contributed by atoms with van der Waals surface area (Å²) in [5.41, 5.74) is 1.21. The third kappa shape index (κ3) is 4.20. The lowest BCUT2D eigenvalue weighted by Crippen LogP contribution is -2.28. The predicted octanol–water partition coefficient (Wildman–Crippen LogP) is 3.14. The van der Waals surface area contributed by atoms with Crippen LogP contribution in [0.25, 0.3) is 0 Å². The van der Waals surface area contributed by atoms with E-state index in [1.54, 1.807) is 0 Å². The third-order valence-corrected chi connectivity index (χ3v) is 3.98. The zero-order valence-corrected chi connectivity index (χ0v) is 11.9. The summed E-state index contributed by atoms with van der Waals surface area (Å²) < 4.78 is 0. The highest BCUT2D eigenvalue weighted by Crippen LogP contribution is 2.34. The first-order valence-electron chi connectivity index (χ1n) is 7.75. The molecule has 0 aromatic carbocycles. The molecule has 3 nitrogen and oxygen atoms in total. The minimum absolute atomic E-state index is 0.935. The number of pyridine rings is 1. The maximum absolute atomic E-state index is 4.70. The number of hydrogen-bond acceptors (Lipinski definition) is 3. The minimum Gasteiger partial charge on any atom is -0.370 e. The van der Waals surface area contributed by atoms with Crippen LogP contribution in [0.3, 0.4) is 0 Å². The SMILES string of the molecule is CCNc1cccc(CN(CC2CC2)CC2CC2)n1. The van der Waals surface area contributed by atoms with Gasteiger partial charge < -0.3 is 5.32 Å². The van der Waals surface area contributed by atoms with Gasteiger partial charge in [0.2, 0.25) is 0 Å². The van der Waals surface area contributed by atoms with Gasteiger partial charge in [0.25, 0.3) is 0 Å². The van der Waals surface area contributed by atoms with Gasteiger partial charge in [-0.05, 0) is 56.6 Å². The summed E-state index contributed by atoms with van der Waals surface area (Å²) in [5.74, 6) is 2.95. The van der Waals surface area contributed by atoms with E-state index in [0.29, 0.717) is 0 Å². The van der Waals surface area contributed by atoms with E-state index in [1.807, 2.05) is 0 Å². The smallest absolute Gasteiger partial charge is 0.126 e. The summed E-state index contributed by atoms with van der Waals surface area (Å²) in [7, 11) is 0. The molecule has 2 aliphatic rings. The topological polar surface area (TPSA) is 28.2 Å². The highest BCUT2D eigenvalue weighted by molar-refractivity contribution is 5.34. The van der Waals surface area contributed by atoms with Crippen LogP contribution in [0.15, 0.2) is 18.2 Å².